The fourth-order valence-corrected chi connectivity index (χ4v) is 4.73. The number of rotatable bonds is 5. The van der Waals surface area contributed by atoms with Gasteiger partial charge in [0.05, 0.1) is 12.7 Å². The summed E-state index contributed by atoms with van der Waals surface area (Å²) < 4.78 is 11.2. The van der Waals surface area contributed by atoms with Gasteiger partial charge in [0.25, 0.3) is 0 Å². The zero-order chi connectivity index (χ0) is 20.6. The monoisotopic (exact) mass is 422 g/mol. The topological polar surface area (TPSA) is 180 Å². The Morgan fingerprint density at radius 2 is 1.14 bits per heavy atom. The molecule has 0 aliphatic carbocycles. The Morgan fingerprint density at radius 1 is 0.679 bits per heavy atom. The van der Waals surface area contributed by atoms with Crippen LogP contribution >= 0.6 is 11.3 Å². The second-order valence-electron chi connectivity index (χ2n) is 7.07. The van der Waals surface area contributed by atoms with Crippen molar-refractivity contribution < 1.29 is 50.3 Å². The molecule has 0 unspecified atom stereocenters. The minimum Gasteiger partial charge on any atom is -0.396 e. The van der Waals surface area contributed by atoms with Crippen LogP contribution in [-0.4, -0.2) is 103 Å². The van der Waals surface area contributed by atoms with Crippen LogP contribution in [0.1, 0.15) is 28.4 Å². The Morgan fingerprint density at radius 3 is 1.61 bits per heavy atom. The summed E-state index contributed by atoms with van der Waals surface area (Å²) >= 11 is 1.09. The van der Waals surface area contributed by atoms with Crippen molar-refractivity contribution in [1.82, 2.24) is 0 Å². The van der Waals surface area contributed by atoms with Crippen LogP contribution < -0.4 is 0 Å². The van der Waals surface area contributed by atoms with Gasteiger partial charge in [0.2, 0.25) is 0 Å². The molecule has 11 heteroatoms. The average molecular weight is 422 g/mol. The molecular formula is C17H26O10S. The van der Waals surface area contributed by atoms with E-state index in [1.807, 2.05) is 0 Å². The van der Waals surface area contributed by atoms with E-state index in [2.05, 4.69) is 0 Å². The highest BCUT2D eigenvalue weighted by Gasteiger charge is 2.46. The Kier molecular flexibility index (Phi) is 7.05. The van der Waals surface area contributed by atoms with Gasteiger partial charge < -0.3 is 50.3 Å². The molecule has 0 bridgehead atoms. The molecule has 160 valence electrons. The van der Waals surface area contributed by atoms with Crippen molar-refractivity contribution in [1.29, 1.82) is 0 Å². The standard InChI is InChI=1S/C17H26O10S/c18-4-3-6-10(20)12(22)14(24)16(26-6)8-1-2-9(28-8)17-15(25)13(23)11(21)7(5-19)27-17/h1-2,6-7,10-25H,3-5H2/t6-,7-,10-,11-,12+,13+,14+,15+,16-,17-/m1/s1. The lowest BCUT2D eigenvalue weighted by atomic mass is 9.92. The molecule has 2 fully saturated rings. The van der Waals surface area contributed by atoms with E-state index in [0.29, 0.717) is 9.75 Å². The highest BCUT2D eigenvalue weighted by molar-refractivity contribution is 7.12. The summed E-state index contributed by atoms with van der Waals surface area (Å²) in [5.41, 5.74) is 0. The van der Waals surface area contributed by atoms with E-state index in [9.17, 15) is 35.7 Å². The first-order valence-corrected chi connectivity index (χ1v) is 9.82. The number of hydrogen-bond donors (Lipinski definition) is 8. The maximum absolute atomic E-state index is 10.3. The molecule has 0 amide bonds. The summed E-state index contributed by atoms with van der Waals surface area (Å²) in [5, 5.41) is 78.9. The van der Waals surface area contributed by atoms with Crippen LogP contribution in [0.2, 0.25) is 0 Å². The Balaban J connectivity index is 1.81. The van der Waals surface area contributed by atoms with Gasteiger partial charge in [-0.2, -0.15) is 0 Å². The third-order valence-corrected chi connectivity index (χ3v) is 6.43. The van der Waals surface area contributed by atoms with Gasteiger partial charge >= 0.3 is 0 Å². The largest absolute Gasteiger partial charge is 0.396 e. The van der Waals surface area contributed by atoms with E-state index in [4.69, 9.17) is 14.6 Å². The van der Waals surface area contributed by atoms with Gasteiger partial charge in [0.15, 0.2) is 0 Å². The zero-order valence-corrected chi connectivity index (χ0v) is 15.7. The van der Waals surface area contributed by atoms with Crippen molar-refractivity contribution in [2.45, 2.75) is 67.5 Å². The molecule has 0 saturated carbocycles. The number of thiophene rings is 1. The molecule has 28 heavy (non-hydrogen) atoms. The zero-order valence-electron chi connectivity index (χ0n) is 14.9. The van der Waals surface area contributed by atoms with Gasteiger partial charge in [-0.05, 0) is 18.6 Å². The molecule has 2 aliphatic rings. The summed E-state index contributed by atoms with van der Waals surface area (Å²) in [7, 11) is 0. The summed E-state index contributed by atoms with van der Waals surface area (Å²) in [4.78, 5) is 0.940. The first-order valence-electron chi connectivity index (χ1n) is 9.00. The van der Waals surface area contributed by atoms with E-state index < -0.39 is 67.6 Å². The molecule has 3 heterocycles. The number of aliphatic hydroxyl groups is 8. The number of aliphatic hydroxyl groups excluding tert-OH is 8. The molecule has 1 aromatic rings. The first-order chi connectivity index (χ1) is 13.3. The van der Waals surface area contributed by atoms with Gasteiger partial charge in [0.1, 0.15) is 54.9 Å². The second kappa shape index (κ2) is 8.98. The Labute approximate surface area is 164 Å². The van der Waals surface area contributed by atoms with Gasteiger partial charge in [-0.25, -0.2) is 0 Å². The van der Waals surface area contributed by atoms with Crippen LogP contribution in [0, 0.1) is 0 Å². The maximum atomic E-state index is 10.3. The van der Waals surface area contributed by atoms with Crippen LogP contribution in [0.4, 0.5) is 0 Å². The predicted molar refractivity (Wildman–Crippen MR) is 94.4 cm³/mol. The molecule has 0 spiro atoms. The molecule has 10 atom stereocenters. The minimum absolute atomic E-state index is 0.0758. The van der Waals surface area contributed by atoms with Gasteiger partial charge in [0, 0.05) is 16.4 Å². The number of hydrogen-bond acceptors (Lipinski definition) is 11. The molecule has 2 aliphatic heterocycles. The third kappa shape index (κ3) is 3.98. The van der Waals surface area contributed by atoms with Crippen molar-refractivity contribution in [3.8, 4) is 0 Å². The lowest BCUT2D eigenvalue weighted by molar-refractivity contribution is -0.231. The first kappa shape index (κ1) is 22.0. The molecule has 2 saturated heterocycles. The van der Waals surface area contributed by atoms with E-state index in [1.165, 1.54) is 0 Å². The third-order valence-electron chi connectivity index (χ3n) is 5.23. The SMILES string of the molecule is OCC[C@H]1O[C@H](c2ccc([C@H]3O[C@H](CO)[C@@H](O)[C@H](O)[C@@H]3O)s2)[C@@H](O)[C@@H](O)[C@@H]1O. The fraction of sp³-hybridized carbons (Fsp3) is 0.765. The van der Waals surface area contributed by atoms with Crippen LogP contribution in [0.15, 0.2) is 12.1 Å². The Bertz CT molecular complexity index is 639. The van der Waals surface area contributed by atoms with Crippen LogP contribution in [0.25, 0.3) is 0 Å². The number of ether oxygens (including phenoxy) is 2. The van der Waals surface area contributed by atoms with E-state index >= 15 is 0 Å². The summed E-state index contributed by atoms with van der Waals surface area (Å²) in [6.07, 6.45) is -12.5. The summed E-state index contributed by atoms with van der Waals surface area (Å²) in [5.74, 6) is 0. The molecule has 10 nitrogen and oxygen atoms in total. The quantitative estimate of drug-likeness (QED) is 0.246. The molecular weight excluding hydrogens is 396 g/mol. The molecule has 1 aromatic heterocycles. The van der Waals surface area contributed by atoms with Crippen molar-refractivity contribution in [3.63, 3.8) is 0 Å². The van der Waals surface area contributed by atoms with Gasteiger partial charge in [-0.3, -0.25) is 0 Å². The molecule has 0 aromatic carbocycles. The van der Waals surface area contributed by atoms with E-state index in [1.54, 1.807) is 12.1 Å². The molecule has 8 N–H and O–H groups in total. The average Bonchev–Trinajstić information content (AvgIpc) is 3.16. The smallest absolute Gasteiger partial charge is 0.121 e. The van der Waals surface area contributed by atoms with E-state index in [0.717, 1.165) is 11.3 Å². The lowest BCUT2D eigenvalue weighted by Crippen LogP contribution is -2.55. The lowest BCUT2D eigenvalue weighted by Gasteiger charge is -2.40. The van der Waals surface area contributed by atoms with E-state index in [-0.39, 0.29) is 13.0 Å². The second-order valence-corrected chi connectivity index (χ2v) is 8.22. The van der Waals surface area contributed by atoms with Crippen LogP contribution in [0.3, 0.4) is 0 Å². The predicted octanol–water partition coefficient (Wildman–Crippen LogP) is -2.83. The van der Waals surface area contributed by atoms with Gasteiger partial charge in [-0.15, -0.1) is 11.3 Å². The normalized spacial score (nSPS) is 44.6. The fourth-order valence-electron chi connectivity index (χ4n) is 3.56. The highest BCUT2D eigenvalue weighted by Crippen LogP contribution is 2.41. The minimum atomic E-state index is -1.51. The van der Waals surface area contributed by atoms with Gasteiger partial charge in [-0.1, -0.05) is 0 Å². The van der Waals surface area contributed by atoms with Crippen molar-refractivity contribution in [2.75, 3.05) is 13.2 Å². The summed E-state index contributed by atoms with van der Waals surface area (Å²) in [6.45, 7) is -0.811. The molecule has 0 radical (unpaired) electrons. The van der Waals surface area contributed by atoms with Crippen LogP contribution in [-0.2, 0) is 9.47 Å². The van der Waals surface area contributed by atoms with Crippen molar-refractivity contribution in [2.24, 2.45) is 0 Å². The summed E-state index contributed by atoms with van der Waals surface area (Å²) in [6, 6.07) is 3.18. The van der Waals surface area contributed by atoms with Crippen LogP contribution in [0.5, 0.6) is 0 Å². The molecule has 3 rings (SSSR count). The van der Waals surface area contributed by atoms with Crippen molar-refractivity contribution in [3.05, 3.63) is 21.9 Å². The highest BCUT2D eigenvalue weighted by atomic mass is 32.1. The maximum Gasteiger partial charge on any atom is 0.121 e. The van der Waals surface area contributed by atoms with Crippen molar-refractivity contribution >= 4 is 11.3 Å². The Hall–Kier alpha value is -0.700.